The number of nitrogens with zero attached hydrogens (tertiary/aromatic N) is 4. The van der Waals surface area contributed by atoms with Gasteiger partial charge in [0.1, 0.15) is 0 Å². The first-order valence-corrected chi connectivity index (χ1v) is 11.4. The lowest BCUT2D eigenvalue weighted by Crippen LogP contribution is -2.49. The Balaban J connectivity index is 1.49. The Bertz CT molecular complexity index is 996. The van der Waals surface area contributed by atoms with Crippen molar-refractivity contribution in [1.82, 2.24) is 19.8 Å². The van der Waals surface area contributed by atoms with Gasteiger partial charge in [0, 0.05) is 30.7 Å². The number of alkyl halides is 3. The van der Waals surface area contributed by atoms with Gasteiger partial charge in [-0.3, -0.25) is 9.69 Å². The molecule has 2 aliphatic heterocycles. The van der Waals surface area contributed by atoms with Crippen LogP contribution in [0, 0.1) is 13.8 Å². The molecule has 9 heteroatoms. The minimum atomic E-state index is -4.45. The number of aliphatic hydroxyl groups is 1. The third kappa shape index (κ3) is 4.89. The van der Waals surface area contributed by atoms with E-state index >= 15 is 0 Å². The Morgan fingerprint density at radius 3 is 2.36 bits per heavy atom. The van der Waals surface area contributed by atoms with Gasteiger partial charge in [0.2, 0.25) is 0 Å². The second kappa shape index (κ2) is 9.38. The fourth-order valence-electron chi connectivity index (χ4n) is 5.08. The van der Waals surface area contributed by atoms with E-state index in [4.69, 9.17) is 0 Å². The van der Waals surface area contributed by atoms with E-state index in [0.717, 1.165) is 44.4 Å². The molecule has 3 heterocycles. The van der Waals surface area contributed by atoms with Crippen molar-refractivity contribution < 1.29 is 23.1 Å². The van der Waals surface area contributed by atoms with Crippen LogP contribution in [0.4, 0.5) is 13.2 Å². The number of piperidine rings is 1. The monoisotopic (exact) mass is 462 g/mol. The number of halogens is 3. The van der Waals surface area contributed by atoms with Gasteiger partial charge in [-0.15, -0.1) is 0 Å². The van der Waals surface area contributed by atoms with Crippen LogP contribution in [0.25, 0.3) is 11.4 Å². The van der Waals surface area contributed by atoms with Gasteiger partial charge < -0.3 is 10.0 Å². The van der Waals surface area contributed by atoms with Gasteiger partial charge in [-0.2, -0.15) is 13.2 Å². The summed E-state index contributed by atoms with van der Waals surface area (Å²) in [5.74, 6) is 0.0367. The first-order valence-electron chi connectivity index (χ1n) is 11.4. The highest BCUT2D eigenvalue weighted by Gasteiger charge is 2.34. The van der Waals surface area contributed by atoms with Crippen LogP contribution in [0.3, 0.4) is 0 Å². The number of aryl methyl sites for hydroxylation is 2. The first kappa shape index (κ1) is 23.6. The van der Waals surface area contributed by atoms with Crippen LogP contribution >= 0.6 is 0 Å². The van der Waals surface area contributed by atoms with E-state index in [-0.39, 0.29) is 29.9 Å². The molecule has 33 heavy (non-hydrogen) atoms. The molecule has 0 saturated carbocycles. The predicted octanol–water partition coefficient (Wildman–Crippen LogP) is 3.84. The second-order valence-corrected chi connectivity index (χ2v) is 8.91. The van der Waals surface area contributed by atoms with Crippen LogP contribution in [0.1, 0.15) is 53.0 Å². The van der Waals surface area contributed by atoms with Gasteiger partial charge in [-0.1, -0.05) is 12.1 Å². The molecule has 178 valence electrons. The summed E-state index contributed by atoms with van der Waals surface area (Å²) in [6.45, 7) is 5.79. The standard InChI is InChI=1S/C24H29F3N4O2/c1-15-21(16(2)29-22(28-15)17-5-3-6-18(13-17)24(25,26)27)23(33)30-11-8-19(9-12-30)31-10-4-7-20(31)14-32/h3,5-6,13,19-20,32H,4,7-12,14H2,1-2H3/t20-/m0/s1. The average molecular weight is 463 g/mol. The predicted molar refractivity (Wildman–Crippen MR) is 118 cm³/mol. The Morgan fingerprint density at radius 2 is 1.76 bits per heavy atom. The van der Waals surface area contributed by atoms with Crippen LogP contribution in [-0.2, 0) is 6.18 Å². The number of likely N-dealkylation sites (tertiary alicyclic amines) is 2. The van der Waals surface area contributed by atoms with Gasteiger partial charge >= 0.3 is 6.18 Å². The van der Waals surface area contributed by atoms with Crippen LogP contribution in [0.15, 0.2) is 24.3 Å². The summed E-state index contributed by atoms with van der Waals surface area (Å²) in [6.07, 6.45) is -0.636. The molecule has 2 aromatic rings. The van der Waals surface area contributed by atoms with Crippen molar-refractivity contribution in [3.05, 3.63) is 46.8 Å². The molecule has 2 saturated heterocycles. The Morgan fingerprint density at radius 1 is 1.09 bits per heavy atom. The number of carbonyl (C=O) groups is 1. The van der Waals surface area contributed by atoms with E-state index in [0.29, 0.717) is 36.1 Å². The molecule has 0 radical (unpaired) electrons. The molecule has 2 aliphatic rings. The number of rotatable bonds is 4. The van der Waals surface area contributed by atoms with Gasteiger partial charge in [0.15, 0.2) is 5.82 Å². The van der Waals surface area contributed by atoms with Gasteiger partial charge in [0.05, 0.1) is 29.1 Å². The van der Waals surface area contributed by atoms with Crippen molar-refractivity contribution >= 4 is 5.91 Å². The quantitative estimate of drug-likeness (QED) is 0.748. The summed E-state index contributed by atoms with van der Waals surface area (Å²) in [7, 11) is 0. The Labute approximate surface area is 191 Å². The van der Waals surface area contributed by atoms with Gasteiger partial charge in [-0.05, 0) is 58.2 Å². The lowest BCUT2D eigenvalue weighted by Gasteiger charge is -2.39. The average Bonchev–Trinajstić information content (AvgIpc) is 3.27. The minimum absolute atomic E-state index is 0.140. The summed E-state index contributed by atoms with van der Waals surface area (Å²) in [5.41, 5.74) is 0.839. The highest BCUT2D eigenvalue weighted by atomic mass is 19.4. The van der Waals surface area contributed by atoms with Crippen molar-refractivity contribution in [1.29, 1.82) is 0 Å². The lowest BCUT2D eigenvalue weighted by molar-refractivity contribution is -0.137. The molecule has 1 aromatic carbocycles. The van der Waals surface area contributed by atoms with E-state index in [9.17, 15) is 23.1 Å². The topological polar surface area (TPSA) is 69.6 Å². The zero-order valence-corrected chi connectivity index (χ0v) is 18.9. The van der Waals surface area contributed by atoms with Crippen molar-refractivity contribution in [3.8, 4) is 11.4 Å². The smallest absolute Gasteiger partial charge is 0.395 e. The largest absolute Gasteiger partial charge is 0.416 e. The van der Waals surface area contributed by atoms with Crippen LogP contribution < -0.4 is 0 Å². The molecule has 0 aliphatic carbocycles. The highest BCUT2D eigenvalue weighted by Crippen LogP contribution is 2.32. The fourth-order valence-corrected chi connectivity index (χ4v) is 5.08. The number of aliphatic hydroxyl groups excluding tert-OH is 1. The van der Waals surface area contributed by atoms with E-state index in [1.165, 1.54) is 12.1 Å². The first-order chi connectivity index (χ1) is 15.7. The molecule has 6 nitrogen and oxygen atoms in total. The van der Waals surface area contributed by atoms with Gasteiger partial charge in [-0.25, -0.2) is 9.97 Å². The van der Waals surface area contributed by atoms with E-state index in [1.54, 1.807) is 13.8 Å². The summed E-state index contributed by atoms with van der Waals surface area (Å²) in [5, 5.41) is 9.60. The maximum Gasteiger partial charge on any atom is 0.416 e. The number of aromatic nitrogens is 2. The Kier molecular flexibility index (Phi) is 6.72. The molecule has 0 bridgehead atoms. The molecule has 0 unspecified atom stereocenters. The maximum atomic E-state index is 13.3. The summed E-state index contributed by atoms with van der Waals surface area (Å²) >= 11 is 0. The number of amides is 1. The Hall–Kier alpha value is -2.52. The normalized spacial score (nSPS) is 20.4. The van der Waals surface area contributed by atoms with Crippen molar-refractivity contribution in [3.63, 3.8) is 0 Å². The zero-order valence-electron chi connectivity index (χ0n) is 18.9. The molecule has 1 aromatic heterocycles. The molecular formula is C24H29F3N4O2. The second-order valence-electron chi connectivity index (χ2n) is 8.91. The van der Waals surface area contributed by atoms with E-state index < -0.39 is 11.7 Å². The number of benzene rings is 1. The number of hydrogen-bond donors (Lipinski definition) is 1. The lowest BCUT2D eigenvalue weighted by atomic mass is 10.0. The number of hydrogen-bond acceptors (Lipinski definition) is 5. The van der Waals surface area contributed by atoms with Crippen molar-refractivity contribution in [2.24, 2.45) is 0 Å². The van der Waals surface area contributed by atoms with E-state index in [1.807, 2.05) is 4.90 Å². The molecule has 1 N–H and O–H groups in total. The summed E-state index contributed by atoms with van der Waals surface area (Å²) < 4.78 is 39.2. The van der Waals surface area contributed by atoms with Crippen molar-refractivity contribution in [2.75, 3.05) is 26.2 Å². The van der Waals surface area contributed by atoms with Gasteiger partial charge in [0.25, 0.3) is 5.91 Å². The highest BCUT2D eigenvalue weighted by molar-refractivity contribution is 5.96. The fraction of sp³-hybridized carbons (Fsp3) is 0.542. The van der Waals surface area contributed by atoms with Crippen LogP contribution in [0.2, 0.25) is 0 Å². The third-order valence-electron chi connectivity index (χ3n) is 6.79. The minimum Gasteiger partial charge on any atom is -0.395 e. The maximum absolute atomic E-state index is 13.3. The number of carbonyl (C=O) groups excluding carboxylic acids is 1. The van der Waals surface area contributed by atoms with Crippen LogP contribution in [-0.4, -0.2) is 69.1 Å². The molecule has 2 fully saturated rings. The molecule has 4 rings (SSSR count). The molecule has 1 atom stereocenters. The molecular weight excluding hydrogens is 433 g/mol. The van der Waals surface area contributed by atoms with Crippen molar-refractivity contribution in [2.45, 2.75) is 57.8 Å². The SMILES string of the molecule is Cc1nc(-c2cccc(C(F)(F)F)c2)nc(C)c1C(=O)N1CCC(N2CCC[C@H]2CO)CC1. The third-order valence-corrected chi connectivity index (χ3v) is 6.79. The summed E-state index contributed by atoms with van der Waals surface area (Å²) in [6, 6.07) is 5.49. The van der Waals surface area contributed by atoms with Crippen LogP contribution in [0.5, 0.6) is 0 Å². The zero-order chi connectivity index (χ0) is 23.8. The molecule has 0 spiro atoms. The molecule has 1 amide bonds. The summed E-state index contributed by atoms with van der Waals surface area (Å²) in [4.78, 5) is 26.2. The van der Waals surface area contributed by atoms with E-state index in [2.05, 4.69) is 14.9 Å².